The summed E-state index contributed by atoms with van der Waals surface area (Å²) in [4.78, 5) is 18.9. The van der Waals surface area contributed by atoms with Crippen LogP contribution in [0.5, 0.6) is 0 Å². The number of aromatic nitrogens is 4. The molecule has 0 aliphatic carbocycles. The van der Waals surface area contributed by atoms with E-state index in [2.05, 4.69) is 25.4 Å². The minimum Gasteiger partial charge on any atom is -0.467 e. The first kappa shape index (κ1) is 19.8. The third-order valence-corrected chi connectivity index (χ3v) is 5.91. The predicted molar refractivity (Wildman–Crippen MR) is 112 cm³/mol. The standard InChI is InChI=1S/C19H21ClN6O2S/c1-13(17(27)22-16-7-6-14(20)11-21-16)29-19-24-23-18(25-8-2-3-9-25)26(19)12-15-5-4-10-28-15/h4-7,10-11,13H,2-3,8-9,12H2,1H3,(H,21,22,27). The van der Waals surface area contributed by atoms with Crippen LogP contribution in [0.15, 0.2) is 46.3 Å². The Labute approximate surface area is 177 Å². The number of anilines is 2. The largest absolute Gasteiger partial charge is 0.467 e. The van der Waals surface area contributed by atoms with Crippen molar-refractivity contribution in [2.24, 2.45) is 0 Å². The van der Waals surface area contributed by atoms with Crippen LogP contribution in [-0.4, -0.2) is 44.0 Å². The SMILES string of the molecule is CC(Sc1nnc(N2CCCC2)n1Cc1ccco1)C(=O)Nc1ccc(Cl)cn1. The van der Waals surface area contributed by atoms with E-state index >= 15 is 0 Å². The van der Waals surface area contributed by atoms with Crippen LogP contribution in [0.4, 0.5) is 11.8 Å². The average Bonchev–Trinajstić information content (AvgIpc) is 3.47. The summed E-state index contributed by atoms with van der Waals surface area (Å²) in [5.74, 6) is 1.92. The molecule has 1 amide bonds. The minimum absolute atomic E-state index is 0.167. The van der Waals surface area contributed by atoms with Crippen molar-refractivity contribution < 1.29 is 9.21 Å². The molecule has 10 heteroatoms. The minimum atomic E-state index is -0.390. The molecule has 1 aliphatic rings. The molecule has 1 aliphatic heterocycles. The molecule has 152 valence electrons. The van der Waals surface area contributed by atoms with E-state index in [1.54, 1.807) is 18.4 Å². The number of hydrogen-bond acceptors (Lipinski definition) is 7. The number of carbonyl (C=O) groups excluding carboxylic acids is 1. The third-order valence-electron chi connectivity index (χ3n) is 4.61. The Hall–Kier alpha value is -2.52. The molecule has 1 saturated heterocycles. The Balaban J connectivity index is 1.50. The van der Waals surface area contributed by atoms with Crippen LogP contribution in [-0.2, 0) is 11.3 Å². The van der Waals surface area contributed by atoms with Gasteiger partial charge < -0.3 is 14.6 Å². The number of thioether (sulfide) groups is 1. The van der Waals surface area contributed by atoms with E-state index < -0.39 is 5.25 Å². The van der Waals surface area contributed by atoms with Gasteiger partial charge in [-0.1, -0.05) is 23.4 Å². The second-order valence-electron chi connectivity index (χ2n) is 6.75. The van der Waals surface area contributed by atoms with Gasteiger partial charge in [0.15, 0.2) is 5.16 Å². The van der Waals surface area contributed by atoms with E-state index in [1.165, 1.54) is 18.0 Å². The summed E-state index contributed by atoms with van der Waals surface area (Å²) in [6.07, 6.45) is 5.43. The van der Waals surface area contributed by atoms with Crippen LogP contribution in [0.3, 0.4) is 0 Å². The Morgan fingerprint density at radius 2 is 2.14 bits per heavy atom. The summed E-state index contributed by atoms with van der Waals surface area (Å²) in [5, 5.41) is 12.4. The first-order valence-corrected chi connectivity index (χ1v) is 10.7. The van der Waals surface area contributed by atoms with E-state index in [0.29, 0.717) is 22.5 Å². The van der Waals surface area contributed by atoms with Crippen LogP contribution < -0.4 is 10.2 Å². The molecule has 0 spiro atoms. The predicted octanol–water partition coefficient (Wildman–Crippen LogP) is 3.69. The molecule has 4 rings (SSSR count). The number of furan rings is 1. The molecule has 0 radical (unpaired) electrons. The summed E-state index contributed by atoms with van der Waals surface area (Å²) < 4.78 is 7.53. The summed E-state index contributed by atoms with van der Waals surface area (Å²) in [5.41, 5.74) is 0. The molecular formula is C19H21ClN6O2S. The van der Waals surface area contributed by atoms with Gasteiger partial charge in [-0.15, -0.1) is 10.2 Å². The quantitative estimate of drug-likeness (QED) is 0.569. The van der Waals surface area contributed by atoms with E-state index in [0.717, 1.165) is 37.6 Å². The lowest BCUT2D eigenvalue weighted by atomic mass is 10.4. The van der Waals surface area contributed by atoms with Gasteiger partial charge >= 0.3 is 0 Å². The number of pyridine rings is 1. The topological polar surface area (TPSA) is 89.1 Å². The van der Waals surface area contributed by atoms with Crippen molar-refractivity contribution in [3.63, 3.8) is 0 Å². The maximum absolute atomic E-state index is 12.6. The molecule has 0 aromatic carbocycles. The normalized spacial score (nSPS) is 14.9. The number of halogens is 1. The lowest BCUT2D eigenvalue weighted by Crippen LogP contribution is -2.24. The molecule has 29 heavy (non-hydrogen) atoms. The monoisotopic (exact) mass is 432 g/mol. The van der Waals surface area contributed by atoms with Crippen LogP contribution in [0.1, 0.15) is 25.5 Å². The molecule has 0 saturated carbocycles. The summed E-state index contributed by atoms with van der Waals surface area (Å²) in [6, 6.07) is 7.13. The van der Waals surface area contributed by atoms with Gasteiger partial charge in [0.25, 0.3) is 0 Å². The van der Waals surface area contributed by atoms with Crippen LogP contribution in [0.25, 0.3) is 0 Å². The van der Waals surface area contributed by atoms with Gasteiger partial charge in [-0.25, -0.2) is 4.98 Å². The highest BCUT2D eigenvalue weighted by molar-refractivity contribution is 8.00. The molecule has 8 nitrogen and oxygen atoms in total. The van der Waals surface area contributed by atoms with Gasteiger partial charge in [-0.2, -0.15) is 0 Å². The highest BCUT2D eigenvalue weighted by Gasteiger charge is 2.25. The first-order chi connectivity index (χ1) is 14.1. The molecule has 3 aromatic heterocycles. The molecule has 1 fully saturated rings. The molecule has 0 bridgehead atoms. The van der Waals surface area contributed by atoms with Crippen molar-refractivity contribution in [2.45, 2.75) is 36.7 Å². The van der Waals surface area contributed by atoms with Crippen molar-refractivity contribution in [1.29, 1.82) is 0 Å². The number of nitrogens with one attached hydrogen (secondary N) is 1. The van der Waals surface area contributed by atoms with Gasteiger partial charge in [0.2, 0.25) is 11.9 Å². The Kier molecular flexibility index (Phi) is 6.05. The third kappa shape index (κ3) is 4.73. The fourth-order valence-electron chi connectivity index (χ4n) is 3.11. The maximum Gasteiger partial charge on any atom is 0.238 e. The van der Waals surface area contributed by atoms with Crippen LogP contribution >= 0.6 is 23.4 Å². The van der Waals surface area contributed by atoms with E-state index in [4.69, 9.17) is 16.0 Å². The Morgan fingerprint density at radius 1 is 1.31 bits per heavy atom. The number of nitrogens with zero attached hydrogens (tertiary/aromatic N) is 5. The lowest BCUT2D eigenvalue weighted by molar-refractivity contribution is -0.115. The van der Waals surface area contributed by atoms with E-state index in [-0.39, 0.29) is 5.91 Å². The van der Waals surface area contributed by atoms with Gasteiger partial charge in [-0.3, -0.25) is 9.36 Å². The van der Waals surface area contributed by atoms with E-state index in [9.17, 15) is 4.79 Å². The maximum atomic E-state index is 12.6. The van der Waals surface area contributed by atoms with Gasteiger partial charge in [-0.05, 0) is 44.0 Å². The van der Waals surface area contributed by atoms with Crippen LogP contribution in [0, 0.1) is 0 Å². The summed E-state index contributed by atoms with van der Waals surface area (Å²) in [7, 11) is 0. The van der Waals surface area contributed by atoms with Crippen molar-refractivity contribution >= 4 is 41.0 Å². The zero-order chi connectivity index (χ0) is 20.2. The van der Waals surface area contributed by atoms with E-state index in [1.807, 2.05) is 23.6 Å². The fraction of sp³-hybridized carbons (Fsp3) is 0.368. The molecule has 1 N–H and O–H groups in total. The second kappa shape index (κ2) is 8.87. The summed E-state index contributed by atoms with van der Waals surface area (Å²) >= 11 is 7.20. The average molecular weight is 433 g/mol. The number of rotatable bonds is 7. The highest BCUT2D eigenvalue weighted by atomic mass is 35.5. The van der Waals surface area contributed by atoms with Crippen molar-refractivity contribution in [1.82, 2.24) is 19.7 Å². The molecule has 4 heterocycles. The van der Waals surface area contributed by atoms with Crippen molar-refractivity contribution in [2.75, 3.05) is 23.3 Å². The van der Waals surface area contributed by atoms with Crippen molar-refractivity contribution in [3.8, 4) is 0 Å². The number of hydrogen-bond donors (Lipinski definition) is 1. The summed E-state index contributed by atoms with van der Waals surface area (Å²) in [6.45, 7) is 4.26. The lowest BCUT2D eigenvalue weighted by Gasteiger charge is -2.18. The highest BCUT2D eigenvalue weighted by Crippen LogP contribution is 2.29. The smallest absolute Gasteiger partial charge is 0.238 e. The number of amides is 1. The van der Waals surface area contributed by atoms with Crippen LogP contribution in [0.2, 0.25) is 5.02 Å². The molecule has 3 aromatic rings. The second-order valence-corrected chi connectivity index (χ2v) is 8.50. The Bertz CT molecular complexity index is 954. The van der Waals surface area contributed by atoms with Gasteiger partial charge in [0.05, 0.1) is 23.1 Å². The molecule has 1 unspecified atom stereocenters. The van der Waals surface area contributed by atoms with Gasteiger partial charge in [0.1, 0.15) is 11.6 Å². The zero-order valence-electron chi connectivity index (χ0n) is 15.9. The number of carbonyl (C=O) groups is 1. The zero-order valence-corrected chi connectivity index (χ0v) is 17.5. The fourth-order valence-corrected chi connectivity index (χ4v) is 4.06. The Morgan fingerprint density at radius 3 is 2.83 bits per heavy atom. The first-order valence-electron chi connectivity index (χ1n) is 9.40. The molecular weight excluding hydrogens is 412 g/mol. The van der Waals surface area contributed by atoms with Gasteiger partial charge in [0, 0.05) is 19.3 Å². The molecule has 1 atom stereocenters. The van der Waals surface area contributed by atoms with Crippen molar-refractivity contribution in [3.05, 3.63) is 47.5 Å².